The highest BCUT2D eigenvalue weighted by molar-refractivity contribution is 5.75. The second-order valence-corrected chi connectivity index (χ2v) is 3.12. The first-order valence-corrected chi connectivity index (χ1v) is 3.85. The molecule has 0 saturated heterocycles. The standard InChI is InChI=1S/C9H10N2O/c10-9(6-12)5-7-3-1-2-4-8(7)11-9/h1-4,6,11H,5,10H2. The van der Waals surface area contributed by atoms with Gasteiger partial charge in [0.1, 0.15) is 5.66 Å². The van der Waals surface area contributed by atoms with Crippen LogP contribution >= 0.6 is 0 Å². The number of fused-ring (bicyclic) bond motifs is 1. The number of nitrogens with one attached hydrogen (secondary N) is 1. The second-order valence-electron chi connectivity index (χ2n) is 3.12. The minimum atomic E-state index is -0.885. The van der Waals surface area contributed by atoms with Crippen LogP contribution in [0.2, 0.25) is 0 Å². The quantitative estimate of drug-likeness (QED) is 0.591. The Kier molecular flexibility index (Phi) is 1.41. The van der Waals surface area contributed by atoms with E-state index in [1.807, 2.05) is 24.3 Å². The van der Waals surface area contributed by atoms with Crippen molar-refractivity contribution in [1.29, 1.82) is 0 Å². The van der Waals surface area contributed by atoms with Crippen LogP contribution in [0.5, 0.6) is 0 Å². The molecule has 3 N–H and O–H groups in total. The maximum Gasteiger partial charge on any atom is 0.160 e. The second kappa shape index (κ2) is 2.32. The third-order valence-corrected chi connectivity index (χ3v) is 2.08. The SMILES string of the molecule is NC1(C=O)Cc2ccccc2N1. The van der Waals surface area contributed by atoms with Crippen molar-refractivity contribution < 1.29 is 4.79 Å². The molecule has 12 heavy (non-hydrogen) atoms. The molecule has 62 valence electrons. The first-order chi connectivity index (χ1) is 5.73. The van der Waals surface area contributed by atoms with E-state index >= 15 is 0 Å². The third-order valence-electron chi connectivity index (χ3n) is 2.08. The zero-order chi connectivity index (χ0) is 8.60. The summed E-state index contributed by atoms with van der Waals surface area (Å²) in [4.78, 5) is 10.6. The number of para-hydroxylation sites is 1. The van der Waals surface area contributed by atoms with Crippen LogP contribution in [-0.2, 0) is 11.2 Å². The van der Waals surface area contributed by atoms with Gasteiger partial charge in [0.2, 0.25) is 0 Å². The lowest BCUT2D eigenvalue weighted by Crippen LogP contribution is -2.47. The summed E-state index contributed by atoms with van der Waals surface area (Å²) in [6, 6.07) is 7.76. The molecular formula is C9H10N2O. The van der Waals surface area contributed by atoms with Gasteiger partial charge in [-0.05, 0) is 11.6 Å². The number of carbonyl (C=O) groups excluding carboxylic acids is 1. The first-order valence-electron chi connectivity index (χ1n) is 3.85. The molecule has 0 amide bonds. The zero-order valence-electron chi connectivity index (χ0n) is 6.58. The summed E-state index contributed by atoms with van der Waals surface area (Å²) < 4.78 is 0. The van der Waals surface area contributed by atoms with Crippen molar-refractivity contribution in [2.75, 3.05) is 5.32 Å². The average molecular weight is 162 g/mol. The molecule has 0 fully saturated rings. The molecule has 1 heterocycles. The predicted octanol–water partition coefficient (Wildman–Crippen LogP) is 0.508. The molecule has 0 saturated carbocycles. The number of hydrogen-bond donors (Lipinski definition) is 2. The molecule has 1 unspecified atom stereocenters. The van der Waals surface area contributed by atoms with Gasteiger partial charge in [-0.2, -0.15) is 0 Å². The normalized spacial score (nSPS) is 26.1. The van der Waals surface area contributed by atoms with Gasteiger partial charge in [-0.15, -0.1) is 0 Å². The van der Waals surface area contributed by atoms with Crippen molar-refractivity contribution in [1.82, 2.24) is 0 Å². The molecule has 1 aromatic carbocycles. The number of nitrogens with two attached hydrogens (primary N) is 1. The van der Waals surface area contributed by atoms with Gasteiger partial charge >= 0.3 is 0 Å². The van der Waals surface area contributed by atoms with Crippen LogP contribution in [0.3, 0.4) is 0 Å². The van der Waals surface area contributed by atoms with Gasteiger partial charge in [-0.1, -0.05) is 18.2 Å². The highest BCUT2D eigenvalue weighted by atomic mass is 16.1. The molecule has 0 bridgehead atoms. The molecule has 0 radical (unpaired) electrons. The zero-order valence-corrected chi connectivity index (χ0v) is 6.58. The Balaban J connectivity index is 2.39. The number of rotatable bonds is 1. The van der Waals surface area contributed by atoms with Gasteiger partial charge < -0.3 is 11.1 Å². The van der Waals surface area contributed by atoms with Crippen molar-refractivity contribution in [3.63, 3.8) is 0 Å². The van der Waals surface area contributed by atoms with Crippen LogP contribution in [0.4, 0.5) is 5.69 Å². The van der Waals surface area contributed by atoms with Crippen molar-refractivity contribution in [3.05, 3.63) is 29.8 Å². The van der Waals surface area contributed by atoms with Crippen molar-refractivity contribution >= 4 is 12.0 Å². The van der Waals surface area contributed by atoms with Gasteiger partial charge in [0.15, 0.2) is 6.29 Å². The van der Waals surface area contributed by atoms with E-state index in [4.69, 9.17) is 5.73 Å². The van der Waals surface area contributed by atoms with Crippen LogP contribution in [0.25, 0.3) is 0 Å². The van der Waals surface area contributed by atoms with Gasteiger partial charge in [-0.25, -0.2) is 0 Å². The third kappa shape index (κ3) is 0.987. The van der Waals surface area contributed by atoms with Crippen molar-refractivity contribution in [2.45, 2.75) is 12.1 Å². The highest BCUT2D eigenvalue weighted by Gasteiger charge is 2.31. The fourth-order valence-corrected chi connectivity index (χ4v) is 1.48. The lowest BCUT2D eigenvalue weighted by atomic mass is 10.1. The number of hydrogen-bond acceptors (Lipinski definition) is 3. The van der Waals surface area contributed by atoms with Gasteiger partial charge in [-0.3, -0.25) is 4.79 Å². The van der Waals surface area contributed by atoms with E-state index in [0.717, 1.165) is 17.5 Å². The molecule has 3 heteroatoms. The summed E-state index contributed by atoms with van der Waals surface area (Å²) in [6.45, 7) is 0. The molecule has 3 nitrogen and oxygen atoms in total. The smallest absolute Gasteiger partial charge is 0.160 e. The fourth-order valence-electron chi connectivity index (χ4n) is 1.48. The van der Waals surface area contributed by atoms with Gasteiger partial charge in [0.25, 0.3) is 0 Å². The number of benzene rings is 1. The summed E-state index contributed by atoms with van der Waals surface area (Å²) in [7, 11) is 0. The highest BCUT2D eigenvalue weighted by Crippen LogP contribution is 2.27. The Hall–Kier alpha value is -1.35. The minimum Gasteiger partial charge on any atom is -0.361 e. The number of aldehydes is 1. The Labute approximate surface area is 70.6 Å². The Morgan fingerprint density at radius 2 is 2.25 bits per heavy atom. The van der Waals surface area contributed by atoms with E-state index in [9.17, 15) is 4.79 Å². The van der Waals surface area contributed by atoms with E-state index in [-0.39, 0.29) is 0 Å². The van der Waals surface area contributed by atoms with E-state index in [1.165, 1.54) is 0 Å². The topological polar surface area (TPSA) is 55.1 Å². The molecule has 1 atom stereocenters. The Bertz CT molecular complexity index is 297. The van der Waals surface area contributed by atoms with Crippen LogP contribution < -0.4 is 11.1 Å². The predicted molar refractivity (Wildman–Crippen MR) is 46.8 cm³/mol. The Morgan fingerprint density at radius 3 is 2.92 bits per heavy atom. The molecule has 0 spiro atoms. The van der Waals surface area contributed by atoms with Crippen LogP contribution in [-0.4, -0.2) is 11.9 Å². The van der Waals surface area contributed by atoms with Crippen LogP contribution in [0.15, 0.2) is 24.3 Å². The van der Waals surface area contributed by atoms with E-state index in [1.54, 1.807) is 0 Å². The summed E-state index contributed by atoms with van der Waals surface area (Å²) in [5, 5.41) is 2.97. The fraction of sp³-hybridized carbons (Fsp3) is 0.222. The van der Waals surface area contributed by atoms with Crippen LogP contribution in [0, 0.1) is 0 Å². The summed E-state index contributed by atoms with van der Waals surface area (Å²) in [6.07, 6.45) is 1.33. The summed E-state index contributed by atoms with van der Waals surface area (Å²) >= 11 is 0. The molecule has 1 aliphatic heterocycles. The number of anilines is 1. The van der Waals surface area contributed by atoms with E-state index < -0.39 is 5.66 Å². The van der Waals surface area contributed by atoms with Gasteiger partial charge in [0.05, 0.1) is 0 Å². The molecule has 2 rings (SSSR count). The van der Waals surface area contributed by atoms with E-state index in [0.29, 0.717) is 6.42 Å². The monoisotopic (exact) mass is 162 g/mol. The molecule has 1 aromatic rings. The minimum absolute atomic E-state index is 0.576. The first kappa shape index (κ1) is 7.31. The van der Waals surface area contributed by atoms with Crippen molar-refractivity contribution in [2.24, 2.45) is 5.73 Å². The molecular weight excluding hydrogens is 152 g/mol. The average Bonchev–Trinajstić information content (AvgIpc) is 2.42. The largest absolute Gasteiger partial charge is 0.361 e. The molecule has 0 aliphatic carbocycles. The maximum atomic E-state index is 10.6. The molecule has 1 aliphatic rings. The lowest BCUT2D eigenvalue weighted by molar-refractivity contribution is -0.111. The summed E-state index contributed by atoms with van der Waals surface area (Å²) in [5.74, 6) is 0. The summed E-state index contributed by atoms with van der Waals surface area (Å²) in [5.41, 5.74) is 6.91. The van der Waals surface area contributed by atoms with Crippen LogP contribution in [0.1, 0.15) is 5.56 Å². The number of carbonyl (C=O) groups is 1. The maximum absolute atomic E-state index is 10.6. The Morgan fingerprint density at radius 1 is 1.50 bits per heavy atom. The van der Waals surface area contributed by atoms with E-state index in [2.05, 4.69) is 5.32 Å². The lowest BCUT2D eigenvalue weighted by Gasteiger charge is -2.15. The van der Waals surface area contributed by atoms with Gasteiger partial charge in [0, 0.05) is 12.1 Å². The molecule has 0 aromatic heterocycles. The van der Waals surface area contributed by atoms with Crippen molar-refractivity contribution in [3.8, 4) is 0 Å².